The van der Waals surface area contributed by atoms with Gasteiger partial charge in [-0.3, -0.25) is 10.1 Å². The van der Waals surface area contributed by atoms with Gasteiger partial charge in [-0.25, -0.2) is 4.98 Å². The summed E-state index contributed by atoms with van der Waals surface area (Å²) >= 11 is 0. The molecule has 6 nitrogen and oxygen atoms in total. The van der Waals surface area contributed by atoms with Crippen LogP contribution in [0.1, 0.15) is 39.0 Å². The molecule has 0 aliphatic heterocycles. The molecule has 104 valence electrons. The third kappa shape index (κ3) is 2.94. The molecule has 1 aromatic rings. The van der Waals surface area contributed by atoms with Crippen molar-refractivity contribution in [3.8, 4) is 0 Å². The Labute approximate surface area is 112 Å². The zero-order chi connectivity index (χ0) is 13.8. The second-order valence-corrected chi connectivity index (χ2v) is 4.91. The van der Waals surface area contributed by atoms with Gasteiger partial charge in [-0.15, -0.1) is 0 Å². The molecule has 19 heavy (non-hydrogen) atoms. The van der Waals surface area contributed by atoms with Gasteiger partial charge >= 0.3 is 5.69 Å². The van der Waals surface area contributed by atoms with E-state index < -0.39 is 4.92 Å². The lowest BCUT2D eigenvalue weighted by Crippen LogP contribution is -2.37. The van der Waals surface area contributed by atoms with Crippen LogP contribution in [0.25, 0.3) is 0 Å². The molecule has 2 N–H and O–H groups in total. The fraction of sp³-hybridized carbons (Fsp3) is 0.615. The van der Waals surface area contributed by atoms with Crippen molar-refractivity contribution in [3.63, 3.8) is 0 Å². The van der Waals surface area contributed by atoms with Gasteiger partial charge in [0.25, 0.3) is 0 Å². The molecule has 0 unspecified atom stereocenters. The zero-order valence-electron chi connectivity index (χ0n) is 11.2. The molecule has 0 saturated heterocycles. The maximum Gasteiger partial charge on any atom is 0.311 e. The molecule has 2 rings (SSSR count). The quantitative estimate of drug-likeness (QED) is 0.667. The summed E-state index contributed by atoms with van der Waals surface area (Å²) in [6.07, 6.45) is 6.09. The Morgan fingerprint density at radius 3 is 2.63 bits per heavy atom. The Morgan fingerprint density at radius 1 is 1.42 bits per heavy atom. The van der Waals surface area contributed by atoms with Crippen LogP contribution in [-0.2, 0) is 0 Å². The average Bonchev–Trinajstić information content (AvgIpc) is 2.40. The van der Waals surface area contributed by atoms with Crippen LogP contribution in [0.3, 0.4) is 0 Å². The van der Waals surface area contributed by atoms with Crippen molar-refractivity contribution in [3.05, 3.63) is 22.2 Å². The van der Waals surface area contributed by atoms with E-state index in [9.17, 15) is 10.1 Å². The molecule has 0 aromatic carbocycles. The van der Waals surface area contributed by atoms with Crippen molar-refractivity contribution in [2.24, 2.45) is 0 Å². The molecule has 0 bridgehead atoms. The molecule has 1 aliphatic carbocycles. The smallest absolute Gasteiger partial charge is 0.311 e. The van der Waals surface area contributed by atoms with Gasteiger partial charge in [-0.05, 0) is 25.8 Å². The van der Waals surface area contributed by atoms with E-state index in [0.29, 0.717) is 6.04 Å². The first-order chi connectivity index (χ1) is 9.13. The minimum atomic E-state index is -0.497. The van der Waals surface area contributed by atoms with Crippen LogP contribution in [-0.4, -0.2) is 22.5 Å². The summed E-state index contributed by atoms with van der Waals surface area (Å²) < 4.78 is 0. The maximum absolute atomic E-state index is 10.7. The zero-order valence-corrected chi connectivity index (χ0v) is 11.2. The number of rotatable bonds is 4. The highest BCUT2D eigenvalue weighted by Gasteiger charge is 2.22. The highest BCUT2D eigenvalue weighted by atomic mass is 16.6. The van der Waals surface area contributed by atoms with E-state index in [1.54, 1.807) is 6.07 Å². The Hall–Kier alpha value is -1.85. The minimum absolute atomic E-state index is 0.00300. The molecule has 0 radical (unpaired) electrons. The number of aromatic nitrogens is 1. The van der Waals surface area contributed by atoms with Gasteiger partial charge in [0.1, 0.15) is 5.82 Å². The molecule has 0 amide bonds. The van der Waals surface area contributed by atoms with Gasteiger partial charge in [0.15, 0.2) is 0 Å². The van der Waals surface area contributed by atoms with Crippen molar-refractivity contribution in [1.82, 2.24) is 4.98 Å². The third-order valence-electron chi connectivity index (χ3n) is 3.73. The fourth-order valence-corrected chi connectivity index (χ4v) is 2.77. The van der Waals surface area contributed by atoms with E-state index in [1.807, 2.05) is 0 Å². The van der Waals surface area contributed by atoms with E-state index in [-0.39, 0.29) is 11.5 Å². The molecule has 1 aromatic heterocycles. The van der Waals surface area contributed by atoms with E-state index >= 15 is 0 Å². The monoisotopic (exact) mass is 264 g/mol. The number of nitro groups is 1. The number of hydrogen-bond acceptors (Lipinski definition) is 5. The van der Waals surface area contributed by atoms with Crippen LogP contribution >= 0.6 is 0 Å². The van der Waals surface area contributed by atoms with Crippen LogP contribution in [0.4, 0.5) is 17.3 Å². The minimum Gasteiger partial charge on any atom is -0.378 e. The second kappa shape index (κ2) is 5.86. The number of nitrogens with zero attached hydrogens (tertiary/aromatic N) is 3. The number of pyridine rings is 1. The first-order valence-electron chi connectivity index (χ1n) is 6.81. The second-order valence-electron chi connectivity index (χ2n) is 4.91. The Morgan fingerprint density at radius 2 is 2.11 bits per heavy atom. The molecule has 6 heteroatoms. The standard InChI is InChI=1S/C13H20N4O2/c1-2-16(10-6-4-3-5-7-10)12-9-8-11(17(18)19)13(14)15-12/h8-10H,2-7H2,1H3,(H2,14,15). The molecule has 1 saturated carbocycles. The predicted octanol–water partition coefficient (Wildman–Crippen LogP) is 2.73. The summed E-state index contributed by atoms with van der Waals surface area (Å²) in [6, 6.07) is 3.63. The maximum atomic E-state index is 10.7. The lowest BCUT2D eigenvalue weighted by atomic mass is 9.94. The highest BCUT2D eigenvalue weighted by Crippen LogP contribution is 2.28. The van der Waals surface area contributed by atoms with Crippen molar-refractivity contribution < 1.29 is 4.92 Å². The SMILES string of the molecule is CCN(c1ccc([N+](=O)[O-])c(N)n1)C1CCCCC1. The molecular formula is C13H20N4O2. The van der Waals surface area contributed by atoms with Crippen molar-refractivity contribution in [2.75, 3.05) is 17.2 Å². The summed E-state index contributed by atoms with van der Waals surface area (Å²) in [5.74, 6) is 0.745. The van der Waals surface area contributed by atoms with Gasteiger partial charge in [0.05, 0.1) is 4.92 Å². The molecule has 0 spiro atoms. The van der Waals surface area contributed by atoms with Crippen LogP contribution < -0.4 is 10.6 Å². The normalized spacial score (nSPS) is 16.3. The summed E-state index contributed by atoms with van der Waals surface area (Å²) in [7, 11) is 0. The van der Waals surface area contributed by atoms with Gasteiger partial charge in [-0.1, -0.05) is 19.3 Å². The Bertz CT molecular complexity index is 458. The molecule has 1 heterocycles. The topological polar surface area (TPSA) is 85.3 Å². The van der Waals surface area contributed by atoms with Crippen LogP contribution in [0, 0.1) is 10.1 Å². The van der Waals surface area contributed by atoms with E-state index in [1.165, 1.54) is 25.3 Å². The van der Waals surface area contributed by atoms with Gasteiger partial charge in [0, 0.05) is 18.7 Å². The predicted molar refractivity (Wildman–Crippen MR) is 75.2 cm³/mol. The van der Waals surface area contributed by atoms with Crippen LogP contribution in [0.15, 0.2) is 12.1 Å². The third-order valence-corrected chi connectivity index (χ3v) is 3.73. The van der Waals surface area contributed by atoms with Crippen LogP contribution in [0.5, 0.6) is 0 Å². The number of anilines is 2. The van der Waals surface area contributed by atoms with E-state index in [0.717, 1.165) is 25.2 Å². The largest absolute Gasteiger partial charge is 0.378 e. The Kier molecular flexibility index (Phi) is 4.19. The number of nitrogens with two attached hydrogens (primary N) is 1. The van der Waals surface area contributed by atoms with E-state index in [4.69, 9.17) is 5.73 Å². The number of nitrogen functional groups attached to an aromatic ring is 1. The summed E-state index contributed by atoms with van der Waals surface area (Å²) in [5.41, 5.74) is 5.54. The summed E-state index contributed by atoms with van der Waals surface area (Å²) in [4.78, 5) is 16.7. The molecule has 0 atom stereocenters. The van der Waals surface area contributed by atoms with E-state index in [2.05, 4.69) is 16.8 Å². The highest BCUT2D eigenvalue weighted by molar-refractivity contribution is 5.58. The summed E-state index contributed by atoms with van der Waals surface area (Å²) in [5, 5.41) is 10.7. The van der Waals surface area contributed by atoms with Crippen molar-refractivity contribution >= 4 is 17.3 Å². The van der Waals surface area contributed by atoms with Gasteiger partial charge in [-0.2, -0.15) is 0 Å². The Balaban J connectivity index is 2.23. The van der Waals surface area contributed by atoms with Gasteiger partial charge in [0.2, 0.25) is 5.82 Å². The van der Waals surface area contributed by atoms with Gasteiger partial charge < -0.3 is 10.6 Å². The molecule has 1 fully saturated rings. The number of hydrogen-bond donors (Lipinski definition) is 1. The lowest BCUT2D eigenvalue weighted by Gasteiger charge is -2.34. The molecule has 1 aliphatic rings. The fourth-order valence-electron chi connectivity index (χ4n) is 2.77. The molecular weight excluding hydrogens is 244 g/mol. The van der Waals surface area contributed by atoms with Crippen molar-refractivity contribution in [1.29, 1.82) is 0 Å². The summed E-state index contributed by atoms with van der Waals surface area (Å²) in [6.45, 7) is 2.92. The van der Waals surface area contributed by atoms with Crippen LogP contribution in [0.2, 0.25) is 0 Å². The first kappa shape index (κ1) is 13.6. The first-order valence-corrected chi connectivity index (χ1v) is 6.81. The van der Waals surface area contributed by atoms with Crippen molar-refractivity contribution in [2.45, 2.75) is 45.1 Å². The lowest BCUT2D eigenvalue weighted by molar-refractivity contribution is -0.384. The average molecular weight is 264 g/mol.